The zero-order valence-electron chi connectivity index (χ0n) is 12.5. The smallest absolute Gasteiger partial charge is 0.227 e. The maximum atomic E-state index is 5.72. The molecule has 0 bridgehead atoms. The van der Waals surface area contributed by atoms with E-state index in [0.717, 1.165) is 24.0 Å². The van der Waals surface area contributed by atoms with Gasteiger partial charge in [-0.15, -0.1) is 15.3 Å². The molecule has 4 heterocycles. The first kappa shape index (κ1) is 13.8. The monoisotopic (exact) mass is 313 g/mol. The van der Waals surface area contributed by atoms with Crippen LogP contribution in [0, 0.1) is 0 Å². The van der Waals surface area contributed by atoms with Crippen LogP contribution in [-0.2, 0) is 11.8 Å². The SMILES string of the molecule is Cn1c(-c2ccccn2)nnc1N1CCOC(c2cnno2)C1. The third-order valence-corrected chi connectivity index (χ3v) is 3.79. The van der Waals surface area contributed by atoms with Gasteiger partial charge >= 0.3 is 0 Å². The number of nitrogens with zero attached hydrogens (tertiary/aromatic N) is 7. The summed E-state index contributed by atoms with van der Waals surface area (Å²) in [5.41, 5.74) is 0.790. The Labute approximate surface area is 131 Å². The molecular formula is C14H15N7O2. The third kappa shape index (κ3) is 2.55. The fraction of sp³-hybridized carbons (Fsp3) is 0.357. The van der Waals surface area contributed by atoms with Gasteiger partial charge in [0.2, 0.25) is 5.95 Å². The molecule has 1 fully saturated rings. The average Bonchev–Trinajstić information content (AvgIpc) is 3.26. The minimum Gasteiger partial charge on any atom is -0.366 e. The number of pyridine rings is 1. The minimum absolute atomic E-state index is 0.214. The van der Waals surface area contributed by atoms with Crippen molar-refractivity contribution in [3.05, 3.63) is 36.4 Å². The van der Waals surface area contributed by atoms with Crippen molar-refractivity contribution in [2.45, 2.75) is 6.10 Å². The van der Waals surface area contributed by atoms with E-state index in [1.54, 1.807) is 12.4 Å². The third-order valence-electron chi connectivity index (χ3n) is 3.79. The highest BCUT2D eigenvalue weighted by molar-refractivity contribution is 5.52. The van der Waals surface area contributed by atoms with Gasteiger partial charge in [-0.3, -0.25) is 9.55 Å². The van der Waals surface area contributed by atoms with E-state index in [4.69, 9.17) is 9.26 Å². The van der Waals surface area contributed by atoms with Gasteiger partial charge in [0.05, 0.1) is 19.3 Å². The highest BCUT2D eigenvalue weighted by Crippen LogP contribution is 2.26. The highest BCUT2D eigenvalue weighted by atomic mass is 16.5. The Hall–Kier alpha value is -2.81. The number of aromatic nitrogens is 6. The van der Waals surface area contributed by atoms with Crippen LogP contribution in [-0.4, -0.2) is 49.8 Å². The molecule has 1 aliphatic rings. The van der Waals surface area contributed by atoms with E-state index in [1.807, 2.05) is 29.8 Å². The second-order valence-electron chi connectivity index (χ2n) is 5.22. The Morgan fingerprint density at radius 2 is 2.22 bits per heavy atom. The molecule has 9 nitrogen and oxygen atoms in total. The van der Waals surface area contributed by atoms with E-state index in [-0.39, 0.29) is 6.10 Å². The van der Waals surface area contributed by atoms with Crippen molar-refractivity contribution in [3.63, 3.8) is 0 Å². The van der Waals surface area contributed by atoms with Crippen molar-refractivity contribution >= 4 is 5.95 Å². The molecule has 0 radical (unpaired) electrons. The summed E-state index contributed by atoms with van der Waals surface area (Å²) in [6.45, 7) is 1.90. The molecule has 1 saturated heterocycles. The lowest BCUT2D eigenvalue weighted by molar-refractivity contribution is 0.0212. The van der Waals surface area contributed by atoms with Gasteiger partial charge in [0.1, 0.15) is 11.8 Å². The number of morpholine rings is 1. The standard InChI is InChI=1S/C14H15N7O2/c1-20-13(10-4-2-3-5-15-10)17-18-14(20)21-6-7-22-12(9-21)11-8-16-19-23-11/h2-5,8,12H,6-7,9H2,1H3. The second-order valence-corrected chi connectivity index (χ2v) is 5.22. The number of rotatable bonds is 3. The molecule has 9 heteroatoms. The Kier molecular flexibility index (Phi) is 3.46. The van der Waals surface area contributed by atoms with Gasteiger partial charge in [0.25, 0.3) is 0 Å². The first-order chi connectivity index (χ1) is 11.3. The van der Waals surface area contributed by atoms with Crippen molar-refractivity contribution in [1.82, 2.24) is 30.1 Å². The van der Waals surface area contributed by atoms with Crippen LogP contribution in [0.3, 0.4) is 0 Å². The van der Waals surface area contributed by atoms with Crippen LogP contribution < -0.4 is 4.90 Å². The molecule has 3 aromatic heterocycles. The molecule has 4 rings (SSSR count). The summed E-state index contributed by atoms with van der Waals surface area (Å²) in [6, 6.07) is 5.72. The maximum Gasteiger partial charge on any atom is 0.227 e. The van der Waals surface area contributed by atoms with E-state index >= 15 is 0 Å². The normalized spacial score (nSPS) is 18.3. The molecule has 118 valence electrons. The lowest BCUT2D eigenvalue weighted by Gasteiger charge is -2.31. The number of hydrogen-bond acceptors (Lipinski definition) is 8. The first-order valence-corrected chi connectivity index (χ1v) is 7.27. The lowest BCUT2D eigenvalue weighted by atomic mass is 10.2. The summed E-state index contributed by atoms with van der Waals surface area (Å²) >= 11 is 0. The van der Waals surface area contributed by atoms with Gasteiger partial charge < -0.3 is 14.2 Å². The lowest BCUT2D eigenvalue weighted by Crippen LogP contribution is -2.39. The van der Waals surface area contributed by atoms with E-state index in [0.29, 0.717) is 18.9 Å². The fourth-order valence-electron chi connectivity index (χ4n) is 2.63. The molecular weight excluding hydrogens is 298 g/mol. The summed E-state index contributed by atoms with van der Waals surface area (Å²) in [7, 11) is 1.93. The second kappa shape index (κ2) is 5.76. The first-order valence-electron chi connectivity index (χ1n) is 7.27. The molecule has 0 saturated carbocycles. The molecule has 1 aliphatic heterocycles. The molecule has 1 atom stereocenters. The van der Waals surface area contributed by atoms with Gasteiger partial charge in [0, 0.05) is 25.1 Å². The van der Waals surface area contributed by atoms with Gasteiger partial charge in [-0.25, -0.2) is 0 Å². The summed E-state index contributed by atoms with van der Waals surface area (Å²) < 4.78 is 12.8. The highest BCUT2D eigenvalue weighted by Gasteiger charge is 2.28. The topological polar surface area (TPSA) is 95.0 Å². The van der Waals surface area contributed by atoms with Crippen molar-refractivity contribution in [2.75, 3.05) is 24.6 Å². The summed E-state index contributed by atoms with van der Waals surface area (Å²) in [5, 5.41) is 15.8. The predicted molar refractivity (Wildman–Crippen MR) is 79.4 cm³/mol. The molecule has 0 spiro atoms. The number of hydrogen-bond donors (Lipinski definition) is 0. The van der Waals surface area contributed by atoms with Crippen LogP contribution in [0.15, 0.2) is 35.1 Å². The molecule has 3 aromatic rings. The summed E-state index contributed by atoms with van der Waals surface area (Å²) in [6.07, 6.45) is 3.10. The van der Waals surface area contributed by atoms with Crippen molar-refractivity contribution in [1.29, 1.82) is 0 Å². The van der Waals surface area contributed by atoms with Crippen LogP contribution in [0.5, 0.6) is 0 Å². The number of anilines is 1. The fourth-order valence-corrected chi connectivity index (χ4v) is 2.63. The molecule has 0 amide bonds. The van der Waals surface area contributed by atoms with Crippen molar-refractivity contribution < 1.29 is 9.26 Å². The van der Waals surface area contributed by atoms with Crippen LogP contribution in [0.2, 0.25) is 0 Å². The van der Waals surface area contributed by atoms with Gasteiger partial charge in [-0.2, -0.15) is 0 Å². The van der Waals surface area contributed by atoms with Crippen molar-refractivity contribution in [2.24, 2.45) is 7.05 Å². The van der Waals surface area contributed by atoms with Crippen LogP contribution in [0.1, 0.15) is 11.9 Å². The molecule has 23 heavy (non-hydrogen) atoms. The van der Waals surface area contributed by atoms with Crippen LogP contribution >= 0.6 is 0 Å². The molecule has 0 N–H and O–H groups in total. The Balaban J connectivity index is 1.60. The summed E-state index contributed by atoms with van der Waals surface area (Å²) in [4.78, 5) is 6.43. The van der Waals surface area contributed by atoms with E-state index in [1.165, 1.54) is 0 Å². The average molecular weight is 313 g/mol. The van der Waals surface area contributed by atoms with Gasteiger partial charge in [-0.1, -0.05) is 6.07 Å². The molecule has 0 aromatic carbocycles. The quantitative estimate of drug-likeness (QED) is 0.702. The summed E-state index contributed by atoms with van der Waals surface area (Å²) in [5.74, 6) is 2.11. The van der Waals surface area contributed by atoms with Gasteiger partial charge in [0.15, 0.2) is 11.6 Å². The van der Waals surface area contributed by atoms with Crippen LogP contribution in [0.4, 0.5) is 5.95 Å². The molecule has 0 aliphatic carbocycles. The zero-order valence-corrected chi connectivity index (χ0v) is 12.5. The Morgan fingerprint density at radius 1 is 1.26 bits per heavy atom. The molecule has 1 unspecified atom stereocenters. The van der Waals surface area contributed by atoms with Gasteiger partial charge in [-0.05, 0) is 12.1 Å². The van der Waals surface area contributed by atoms with E-state index in [2.05, 4.69) is 30.5 Å². The maximum absolute atomic E-state index is 5.72. The number of ether oxygens (including phenoxy) is 1. The Morgan fingerprint density at radius 3 is 3.00 bits per heavy atom. The largest absolute Gasteiger partial charge is 0.366 e. The van der Waals surface area contributed by atoms with Crippen LogP contribution in [0.25, 0.3) is 11.5 Å². The minimum atomic E-state index is -0.214. The van der Waals surface area contributed by atoms with E-state index in [9.17, 15) is 0 Å². The van der Waals surface area contributed by atoms with E-state index < -0.39 is 0 Å². The zero-order chi connectivity index (χ0) is 15.6. The van der Waals surface area contributed by atoms with Crippen molar-refractivity contribution in [3.8, 4) is 11.5 Å². The Bertz CT molecular complexity index is 772. The predicted octanol–water partition coefficient (Wildman–Crippen LogP) is 0.838.